The van der Waals surface area contributed by atoms with E-state index in [2.05, 4.69) is 19.9 Å². The maximum atomic E-state index is 12.4. The number of aliphatic imine (C=N–C) groups is 1. The van der Waals surface area contributed by atoms with Crippen molar-refractivity contribution in [3.63, 3.8) is 0 Å². The first-order valence-electron chi connectivity index (χ1n) is 8.13. The molecule has 0 aliphatic rings. The van der Waals surface area contributed by atoms with Crippen molar-refractivity contribution >= 4 is 38.4 Å². The van der Waals surface area contributed by atoms with Gasteiger partial charge in [-0.15, -0.1) is 10.2 Å². The average molecular weight is 403 g/mol. The predicted molar refractivity (Wildman–Crippen MR) is 107 cm³/mol. The Morgan fingerprint density at radius 3 is 2.41 bits per heavy atom. The largest absolute Gasteiger partial charge is 0.497 e. The molecule has 2 aromatic carbocycles. The van der Waals surface area contributed by atoms with Gasteiger partial charge in [-0.05, 0) is 60.5 Å². The van der Waals surface area contributed by atoms with E-state index < -0.39 is 10.0 Å². The van der Waals surface area contributed by atoms with E-state index in [4.69, 9.17) is 4.74 Å². The lowest BCUT2D eigenvalue weighted by molar-refractivity contribution is 0.415. The molecule has 0 spiro atoms. The lowest BCUT2D eigenvalue weighted by Crippen LogP contribution is -2.12. The molecule has 1 aromatic heterocycles. The number of aryl methyl sites for hydroxylation is 1. The van der Waals surface area contributed by atoms with Crippen LogP contribution in [0, 0.1) is 0 Å². The van der Waals surface area contributed by atoms with Crippen LogP contribution in [-0.2, 0) is 16.4 Å². The average Bonchev–Trinajstić information content (AvgIpc) is 3.14. The van der Waals surface area contributed by atoms with Gasteiger partial charge < -0.3 is 4.74 Å². The molecular weight excluding hydrogens is 384 g/mol. The number of sulfonamides is 1. The molecule has 0 atom stereocenters. The van der Waals surface area contributed by atoms with E-state index in [-0.39, 0.29) is 10.0 Å². The van der Waals surface area contributed by atoms with Crippen LogP contribution in [0.4, 0.5) is 10.8 Å². The first-order valence-corrected chi connectivity index (χ1v) is 10.4. The van der Waals surface area contributed by atoms with Crippen molar-refractivity contribution in [1.29, 1.82) is 0 Å². The van der Waals surface area contributed by atoms with Crippen LogP contribution < -0.4 is 9.46 Å². The molecule has 0 radical (unpaired) electrons. The predicted octanol–water partition coefficient (Wildman–Crippen LogP) is 3.66. The van der Waals surface area contributed by atoms with Crippen LogP contribution in [0.5, 0.6) is 5.75 Å². The van der Waals surface area contributed by atoms with Crippen molar-refractivity contribution in [3.8, 4) is 5.75 Å². The fraction of sp³-hybridized carbons (Fsp3) is 0.167. The fourth-order valence-corrected chi connectivity index (χ4v) is 4.07. The van der Waals surface area contributed by atoms with Gasteiger partial charge in [-0.3, -0.25) is 9.71 Å². The Hall–Kier alpha value is -2.78. The second-order valence-corrected chi connectivity index (χ2v) is 8.23. The third-order valence-corrected chi connectivity index (χ3v) is 6.08. The molecule has 9 heteroatoms. The first kappa shape index (κ1) is 19.0. The standard InChI is InChI=1S/C18H18N4O3S2/c1-3-17-20-21-18(26-17)22-27(23,24)16-10-6-14(7-11-16)19-12-13-4-8-15(25-2)9-5-13/h4-12H,3H2,1-2H3,(H,21,22). The zero-order valence-electron chi connectivity index (χ0n) is 14.8. The summed E-state index contributed by atoms with van der Waals surface area (Å²) in [7, 11) is -2.10. The molecule has 0 fully saturated rings. The van der Waals surface area contributed by atoms with E-state index in [9.17, 15) is 8.42 Å². The molecular formula is C18H18N4O3S2. The molecule has 0 aliphatic carbocycles. The highest BCUT2D eigenvalue weighted by Crippen LogP contribution is 2.22. The summed E-state index contributed by atoms with van der Waals surface area (Å²) in [4.78, 5) is 4.49. The molecule has 0 bridgehead atoms. The van der Waals surface area contributed by atoms with E-state index >= 15 is 0 Å². The van der Waals surface area contributed by atoms with Gasteiger partial charge in [-0.2, -0.15) is 0 Å². The minimum atomic E-state index is -3.71. The second-order valence-electron chi connectivity index (χ2n) is 5.49. The van der Waals surface area contributed by atoms with Gasteiger partial charge >= 0.3 is 0 Å². The van der Waals surface area contributed by atoms with E-state index in [0.29, 0.717) is 12.1 Å². The van der Waals surface area contributed by atoms with E-state index in [1.807, 2.05) is 31.2 Å². The van der Waals surface area contributed by atoms with Crippen molar-refractivity contribution in [2.75, 3.05) is 11.8 Å². The number of methoxy groups -OCH3 is 1. The van der Waals surface area contributed by atoms with Crippen LogP contribution in [0.3, 0.4) is 0 Å². The van der Waals surface area contributed by atoms with Crippen LogP contribution >= 0.6 is 11.3 Å². The normalized spacial score (nSPS) is 11.6. The van der Waals surface area contributed by atoms with Crippen LogP contribution in [0.25, 0.3) is 0 Å². The van der Waals surface area contributed by atoms with Gasteiger partial charge in [-0.25, -0.2) is 8.42 Å². The molecule has 7 nitrogen and oxygen atoms in total. The zero-order valence-corrected chi connectivity index (χ0v) is 16.4. The number of ether oxygens (including phenoxy) is 1. The van der Waals surface area contributed by atoms with Crippen molar-refractivity contribution in [2.24, 2.45) is 4.99 Å². The van der Waals surface area contributed by atoms with E-state index in [0.717, 1.165) is 16.3 Å². The number of rotatable bonds is 7. The summed E-state index contributed by atoms with van der Waals surface area (Å²) < 4.78 is 32.4. The number of benzene rings is 2. The molecule has 1 heterocycles. The quantitative estimate of drug-likeness (QED) is 0.609. The summed E-state index contributed by atoms with van der Waals surface area (Å²) >= 11 is 1.22. The molecule has 0 saturated heterocycles. The highest BCUT2D eigenvalue weighted by Gasteiger charge is 2.16. The summed E-state index contributed by atoms with van der Waals surface area (Å²) in [6.07, 6.45) is 2.41. The highest BCUT2D eigenvalue weighted by molar-refractivity contribution is 7.93. The number of hydrogen-bond acceptors (Lipinski definition) is 7. The smallest absolute Gasteiger partial charge is 0.263 e. The maximum absolute atomic E-state index is 12.4. The van der Waals surface area contributed by atoms with Crippen molar-refractivity contribution in [1.82, 2.24) is 10.2 Å². The third kappa shape index (κ3) is 4.89. The second kappa shape index (κ2) is 8.28. The van der Waals surface area contributed by atoms with Gasteiger partial charge in [0, 0.05) is 6.21 Å². The number of nitrogens with zero attached hydrogens (tertiary/aromatic N) is 3. The highest BCUT2D eigenvalue weighted by atomic mass is 32.2. The minimum absolute atomic E-state index is 0.138. The molecule has 140 valence electrons. The third-order valence-electron chi connectivity index (χ3n) is 3.62. The lowest BCUT2D eigenvalue weighted by atomic mass is 10.2. The van der Waals surface area contributed by atoms with Crippen LogP contribution in [0.15, 0.2) is 58.4 Å². The summed E-state index contributed by atoms with van der Waals surface area (Å²) in [6, 6.07) is 13.8. The Kier molecular flexibility index (Phi) is 5.82. The van der Waals surface area contributed by atoms with Crippen LogP contribution in [0.2, 0.25) is 0 Å². The molecule has 0 aliphatic heterocycles. The number of hydrogen-bond donors (Lipinski definition) is 1. The Labute approximate surface area is 161 Å². The van der Waals surface area contributed by atoms with Crippen molar-refractivity contribution in [2.45, 2.75) is 18.2 Å². The molecule has 0 unspecified atom stereocenters. The van der Waals surface area contributed by atoms with E-state index in [1.165, 1.54) is 23.5 Å². The Morgan fingerprint density at radius 2 is 1.81 bits per heavy atom. The maximum Gasteiger partial charge on any atom is 0.263 e. The van der Waals surface area contributed by atoms with Gasteiger partial charge in [0.15, 0.2) is 0 Å². The monoisotopic (exact) mass is 402 g/mol. The first-order chi connectivity index (χ1) is 13.0. The topological polar surface area (TPSA) is 93.5 Å². The summed E-state index contributed by atoms with van der Waals surface area (Å²) in [6.45, 7) is 1.93. The zero-order chi connectivity index (χ0) is 19.3. The lowest BCUT2D eigenvalue weighted by Gasteiger charge is -2.04. The minimum Gasteiger partial charge on any atom is -0.497 e. The molecule has 0 amide bonds. The number of nitrogens with one attached hydrogen (secondary N) is 1. The molecule has 3 rings (SSSR count). The Balaban J connectivity index is 1.70. The molecule has 1 N–H and O–H groups in total. The molecule has 27 heavy (non-hydrogen) atoms. The van der Waals surface area contributed by atoms with Gasteiger partial charge in [-0.1, -0.05) is 18.3 Å². The summed E-state index contributed by atoms with van der Waals surface area (Å²) in [5, 5.41) is 8.77. The summed E-state index contributed by atoms with van der Waals surface area (Å²) in [5.74, 6) is 0.774. The van der Waals surface area contributed by atoms with E-state index in [1.54, 1.807) is 25.5 Å². The van der Waals surface area contributed by atoms with Crippen molar-refractivity contribution in [3.05, 3.63) is 59.1 Å². The Morgan fingerprint density at radius 1 is 1.11 bits per heavy atom. The van der Waals surface area contributed by atoms with Gasteiger partial charge in [0.25, 0.3) is 10.0 Å². The molecule has 0 saturated carbocycles. The van der Waals surface area contributed by atoms with Crippen LogP contribution in [-0.4, -0.2) is 31.9 Å². The number of aromatic nitrogens is 2. The van der Waals surface area contributed by atoms with Crippen LogP contribution in [0.1, 0.15) is 17.5 Å². The SMILES string of the molecule is CCc1nnc(NS(=O)(=O)c2ccc(N=Cc3ccc(OC)cc3)cc2)s1. The van der Waals surface area contributed by atoms with Gasteiger partial charge in [0.2, 0.25) is 5.13 Å². The number of anilines is 1. The Bertz CT molecular complexity index is 1030. The molecule has 3 aromatic rings. The van der Waals surface area contributed by atoms with Crippen molar-refractivity contribution < 1.29 is 13.2 Å². The fourth-order valence-electron chi connectivity index (χ4n) is 2.16. The van der Waals surface area contributed by atoms with Gasteiger partial charge in [0.05, 0.1) is 17.7 Å². The summed E-state index contributed by atoms with van der Waals surface area (Å²) in [5.41, 5.74) is 1.56. The van der Waals surface area contributed by atoms with Gasteiger partial charge in [0.1, 0.15) is 10.8 Å².